The minimum Gasteiger partial charge on any atom is -0.374 e. The van der Waals surface area contributed by atoms with E-state index in [1.165, 1.54) is 0 Å². The molecule has 0 fully saturated rings. The molecule has 0 aromatic heterocycles. The van der Waals surface area contributed by atoms with E-state index in [-0.39, 0.29) is 5.75 Å². The second-order valence-corrected chi connectivity index (χ2v) is 6.32. The molecule has 20 heavy (non-hydrogen) atoms. The van der Waals surface area contributed by atoms with Crippen LogP contribution in [0.1, 0.15) is 5.56 Å². The molecular formula is C16H15NO2S. The van der Waals surface area contributed by atoms with E-state index in [0.717, 1.165) is 11.3 Å². The van der Waals surface area contributed by atoms with Gasteiger partial charge in [-0.15, -0.1) is 6.42 Å². The van der Waals surface area contributed by atoms with Crippen molar-refractivity contribution in [2.24, 2.45) is 0 Å². The lowest BCUT2D eigenvalue weighted by molar-refractivity contribution is 0.595. The van der Waals surface area contributed by atoms with Crippen LogP contribution >= 0.6 is 0 Å². The van der Waals surface area contributed by atoms with Gasteiger partial charge in [-0.3, -0.25) is 0 Å². The van der Waals surface area contributed by atoms with Crippen molar-refractivity contribution in [2.75, 3.05) is 11.9 Å². The molecule has 0 bridgehead atoms. The maximum atomic E-state index is 12.3. The lowest BCUT2D eigenvalue weighted by atomic mass is 10.2. The number of benzene rings is 2. The zero-order valence-corrected chi connectivity index (χ0v) is 11.7. The van der Waals surface area contributed by atoms with Gasteiger partial charge in [-0.2, -0.15) is 0 Å². The summed E-state index contributed by atoms with van der Waals surface area (Å²) in [6, 6.07) is 15.7. The zero-order chi connectivity index (χ0) is 14.4. The van der Waals surface area contributed by atoms with Gasteiger partial charge in [0.15, 0.2) is 9.84 Å². The second-order valence-electron chi connectivity index (χ2n) is 4.33. The maximum absolute atomic E-state index is 12.3. The lowest BCUT2D eigenvalue weighted by Crippen LogP contribution is -2.05. The van der Waals surface area contributed by atoms with Gasteiger partial charge in [0.05, 0.1) is 17.2 Å². The quantitative estimate of drug-likeness (QED) is 0.859. The molecule has 0 aliphatic heterocycles. The molecule has 0 aliphatic carbocycles. The Morgan fingerprint density at radius 1 is 1.05 bits per heavy atom. The van der Waals surface area contributed by atoms with Crippen molar-refractivity contribution in [1.82, 2.24) is 0 Å². The van der Waals surface area contributed by atoms with E-state index in [1.807, 2.05) is 12.1 Å². The molecule has 3 nitrogen and oxygen atoms in total. The summed E-state index contributed by atoms with van der Waals surface area (Å²) in [6.07, 6.45) is 5.18. The van der Waals surface area contributed by atoms with Crippen LogP contribution in [0.15, 0.2) is 59.5 Å². The molecule has 0 spiro atoms. The van der Waals surface area contributed by atoms with Crippen molar-refractivity contribution in [3.63, 3.8) is 0 Å². The van der Waals surface area contributed by atoms with Crippen molar-refractivity contribution in [3.05, 3.63) is 60.2 Å². The van der Waals surface area contributed by atoms with Crippen molar-refractivity contribution in [1.29, 1.82) is 0 Å². The molecule has 2 aromatic rings. The Morgan fingerprint density at radius 2 is 1.80 bits per heavy atom. The number of terminal acetylenes is 1. The van der Waals surface area contributed by atoms with Gasteiger partial charge >= 0.3 is 0 Å². The average Bonchev–Trinajstić information content (AvgIpc) is 2.46. The number of rotatable bonds is 5. The van der Waals surface area contributed by atoms with E-state index in [1.54, 1.807) is 42.5 Å². The molecule has 0 unspecified atom stereocenters. The number of sulfone groups is 1. The molecule has 0 atom stereocenters. The Morgan fingerprint density at radius 3 is 2.50 bits per heavy atom. The fourth-order valence-corrected chi connectivity index (χ4v) is 3.21. The third-order valence-corrected chi connectivity index (χ3v) is 4.48. The van der Waals surface area contributed by atoms with Crippen LogP contribution in [-0.4, -0.2) is 15.0 Å². The highest BCUT2D eigenvalue weighted by atomic mass is 32.2. The molecule has 2 rings (SSSR count). The first-order chi connectivity index (χ1) is 9.62. The highest BCUT2D eigenvalue weighted by Crippen LogP contribution is 2.18. The van der Waals surface area contributed by atoms with Crippen LogP contribution in [-0.2, 0) is 15.6 Å². The fourth-order valence-electron chi connectivity index (χ4n) is 1.85. The first-order valence-electron chi connectivity index (χ1n) is 6.16. The molecule has 4 heteroatoms. The number of hydrogen-bond donors (Lipinski definition) is 1. The van der Waals surface area contributed by atoms with Crippen molar-refractivity contribution in [3.8, 4) is 12.3 Å². The molecule has 0 aliphatic rings. The van der Waals surface area contributed by atoms with Gasteiger partial charge in [0.2, 0.25) is 0 Å². The summed E-state index contributed by atoms with van der Waals surface area (Å²) in [6.45, 7) is 0.412. The third-order valence-electron chi connectivity index (χ3n) is 2.78. The molecule has 0 radical (unpaired) electrons. The highest BCUT2D eigenvalue weighted by Gasteiger charge is 2.14. The Labute approximate surface area is 119 Å². The van der Waals surface area contributed by atoms with Gasteiger partial charge < -0.3 is 5.32 Å². The van der Waals surface area contributed by atoms with Crippen molar-refractivity contribution >= 4 is 15.5 Å². The Hall–Kier alpha value is -2.25. The van der Waals surface area contributed by atoms with E-state index < -0.39 is 9.84 Å². The summed E-state index contributed by atoms with van der Waals surface area (Å²) >= 11 is 0. The predicted octanol–water partition coefficient (Wildman–Crippen LogP) is 2.71. The van der Waals surface area contributed by atoms with Crippen LogP contribution in [0.4, 0.5) is 5.69 Å². The Bertz CT molecular complexity index is 716. The summed E-state index contributed by atoms with van der Waals surface area (Å²) in [4.78, 5) is 0.335. The van der Waals surface area contributed by atoms with E-state index in [0.29, 0.717) is 11.4 Å². The smallest absolute Gasteiger partial charge is 0.182 e. The first-order valence-corrected chi connectivity index (χ1v) is 7.81. The second kappa shape index (κ2) is 6.27. The summed E-state index contributed by atoms with van der Waals surface area (Å²) < 4.78 is 24.5. The summed E-state index contributed by atoms with van der Waals surface area (Å²) in [5.74, 6) is 2.46. The molecule has 0 saturated heterocycles. The van der Waals surface area contributed by atoms with E-state index >= 15 is 0 Å². The van der Waals surface area contributed by atoms with Gasteiger partial charge in [0, 0.05) is 5.69 Å². The average molecular weight is 285 g/mol. The van der Waals surface area contributed by atoms with Crippen LogP contribution in [0.2, 0.25) is 0 Å². The third kappa shape index (κ3) is 3.62. The standard InChI is InChI=1S/C16H15NO2S/c1-2-11-17-15-8-6-7-14(12-15)13-20(18,19)16-9-4-3-5-10-16/h1,3-10,12,17H,11,13H2. The lowest BCUT2D eigenvalue weighted by Gasteiger charge is -2.07. The minimum atomic E-state index is -3.32. The van der Waals surface area contributed by atoms with Gasteiger partial charge in [0.25, 0.3) is 0 Å². The number of hydrogen-bond acceptors (Lipinski definition) is 3. The first kappa shape index (κ1) is 14.2. The summed E-state index contributed by atoms with van der Waals surface area (Å²) in [5, 5.41) is 3.03. The minimum absolute atomic E-state index is 0.0252. The molecule has 0 heterocycles. The molecular weight excluding hydrogens is 270 g/mol. The van der Waals surface area contributed by atoms with Crippen LogP contribution in [0, 0.1) is 12.3 Å². The van der Waals surface area contributed by atoms with E-state index in [4.69, 9.17) is 6.42 Å². The monoisotopic (exact) mass is 285 g/mol. The highest BCUT2D eigenvalue weighted by molar-refractivity contribution is 7.90. The normalized spacial score (nSPS) is 10.8. The summed E-state index contributed by atoms with van der Waals surface area (Å²) in [5.41, 5.74) is 1.56. The largest absolute Gasteiger partial charge is 0.374 e. The topological polar surface area (TPSA) is 46.2 Å². The van der Waals surface area contributed by atoms with Crippen LogP contribution < -0.4 is 5.32 Å². The molecule has 0 amide bonds. The van der Waals surface area contributed by atoms with Crippen molar-refractivity contribution in [2.45, 2.75) is 10.6 Å². The van der Waals surface area contributed by atoms with Crippen LogP contribution in [0.5, 0.6) is 0 Å². The zero-order valence-electron chi connectivity index (χ0n) is 10.9. The van der Waals surface area contributed by atoms with Crippen LogP contribution in [0.25, 0.3) is 0 Å². The van der Waals surface area contributed by atoms with Gasteiger partial charge in [-0.05, 0) is 29.8 Å². The van der Waals surface area contributed by atoms with E-state index in [2.05, 4.69) is 11.2 Å². The fraction of sp³-hybridized carbons (Fsp3) is 0.125. The Kier molecular flexibility index (Phi) is 4.44. The van der Waals surface area contributed by atoms with Gasteiger partial charge in [-0.1, -0.05) is 36.3 Å². The molecule has 102 valence electrons. The predicted molar refractivity (Wildman–Crippen MR) is 81.1 cm³/mol. The van der Waals surface area contributed by atoms with Crippen LogP contribution in [0.3, 0.4) is 0 Å². The molecule has 2 aromatic carbocycles. The number of nitrogens with one attached hydrogen (secondary N) is 1. The molecule has 0 saturated carbocycles. The Balaban J connectivity index is 2.20. The van der Waals surface area contributed by atoms with E-state index in [9.17, 15) is 8.42 Å². The maximum Gasteiger partial charge on any atom is 0.182 e. The summed E-state index contributed by atoms with van der Waals surface area (Å²) in [7, 11) is -3.32. The van der Waals surface area contributed by atoms with Gasteiger partial charge in [-0.25, -0.2) is 8.42 Å². The van der Waals surface area contributed by atoms with Gasteiger partial charge in [0.1, 0.15) is 0 Å². The number of anilines is 1. The molecule has 1 N–H and O–H groups in total. The SMILES string of the molecule is C#CCNc1cccc(CS(=O)(=O)c2ccccc2)c1. The van der Waals surface area contributed by atoms with Crippen molar-refractivity contribution < 1.29 is 8.42 Å².